The van der Waals surface area contributed by atoms with E-state index in [1.165, 1.54) is 17.0 Å². The highest BCUT2D eigenvalue weighted by Gasteiger charge is 2.05. The number of hydrogen-bond acceptors (Lipinski definition) is 5. The van der Waals surface area contributed by atoms with E-state index in [2.05, 4.69) is 17.3 Å². The molecule has 0 fully saturated rings. The van der Waals surface area contributed by atoms with Crippen molar-refractivity contribution in [1.82, 2.24) is 0 Å². The van der Waals surface area contributed by atoms with E-state index >= 15 is 0 Å². The lowest BCUT2D eigenvalue weighted by atomic mass is 10.2. The Morgan fingerprint density at radius 3 is 2.42 bits per heavy atom. The lowest BCUT2D eigenvalue weighted by Gasteiger charge is -2.02. The summed E-state index contributed by atoms with van der Waals surface area (Å²) >= 11 is 1.69. The van der Waals surface area contributed by atoms with E-state index in [1.54, 1.807) is 30.1 Å². The highest BCUT2D eigenvalue weighted by molar-refractivity contribution is 7.99. The van der Waals surface area contributed by atoms with Crippen LogP contribution >= 0.6 is 11.8 Å². The summed E-state index contributed by atoms with van der Waals surface area (Å²) in [6.45, 7) is 0.181. The van der Waals surface area contributed by atoms with Gasteiger partial charge in [0.25, 0.3) is 5.69 Å². The first-order chi connectivity index (χ1) is 12.7. The second kappa shape index (κ2) is 8.82. The molecule has 0 aliphatic carbocycles. The van der Waals surface area contributed by atoms with Crippen LogP contribution in [-0.4, -0.2) is 11.1 Å². The Kier molecular flexibility index (Phi) is 6.01. The van der Waals surface area contributed by atoms with Gasteiger partial charge in [-0.15, -0.1) is 0 Å². The van der Waals surface area contributed by atoms with Crippen molar-refractivity contribution in [2.24, 2.45) is 5.16 Å². The quantitative estimate of drug-likeness (QED) is 0.324. The van der Waals surface area contributed by atoms with Crippen molar-refractivity contribution in [3.63, 3.8) is 0 Å². The molecule has 0 spiro atoms. The van der Waals surface area contributed by atoms with E-state index in [9.17, 15) is 10.1 Å². The van der Waals surface area contributed by atoms with Gasteiger partial charge in [0, 0.05) is 21.9 Å². The molecule has 6 heteroatoms. The van der Waals surface area contributed by atoms with Crippen LogP contribution in [0.15, 0.2) is 93.8 Å². The molecule has 5 nitrogen and oxygen atoms in total. The fourth-order valence-electron chi connectivity index (χ4n) is 2.22. The zero-order chi connectivity index (χ0) is 18.2. The van der Waals surface area contributed by atoms with Crippen molar-refractivity contribution >= 4 is 23.7 Å². The number of non-ortho nitro benzene ring substituents is 1. The zero-order valence-corrected chi connectivity index (χ0v) is 14.6. The van der Waals surface area contributed by atoms with E-state index in [-0.39, 0.29) is 12.3 Å². The molecule has 0 atom stereocenters. The molecule has 0 heterocycles. The average Bonchev–Trinajstić information content (AvgIpc) is 2.67. The Bertz CT molecular complexity index is 896. The Morgan fingerprint density at radius 2 is 1.69 bits per heavy atom. The summed E-state index contributed by atoms with van der Waals surface area (Å²) in [6.07, 6.45) is 1.62. The van der Waals surface area contributed by atoms with E-state index in [1.807, 2.05) is 42.5 Å². The third-order valence-electron chi connectivity index (χ3n) is 3.49. The van der Waals surface area contributed by atoms with Crippen molar-refractivity contribution in [3.8, 4) is 0 Å². The van der Waals surface area contributed by atoms with Gasteiger partial charge in [0.05, 0.1) is 11.1 Å². The molecule has 3 aromatic rings. The summed E-state index contributed by atoms with van der Waals surface area (Å²) in [5.74, 6) is 0. The van der Waals surface area contributed by atoms with Crippen molar-refractivity contribution < 1.29 is 9.76 Å². The molecule has 3 rings (SSSR count). The lowest BCUT2D eigenvalue weighted by molar-refractivity contribution is -0.384. The predicted molar refractivity (Wildman–Crippen MR) is 102 cm³/mol. The first kappa shape index (κ1) is 17.7. The molecule has 0 N–H and O–H groups in total. The summed E-state index contributed by atoms with van der Waals surface area (Å²) in [5.41, 5.74) is 1.66. The molecule has 0 radical (unpaired) electrons. The fraction of sp³-hybridized carbons (Fsp3) is 0.0500. The largest absolute Gasteiger partial charge is 0.391 e. The van der Waals surface area contributed by atoms with Gasteiger partial charge >= 0.3 is 0 Å². The second-order valence-corrected chi connectivity index (χ2v) is 6.57. The molecule has 0 aromatic heterocycles. The third-order valence-corrected chi connectivity index (χ3v) is 4.50. The van der Waals surface area contributed by atoms with Gasteiger partial charge in [-0.25, -0.2) is 0 Å². The Labute approximate surface area is 155 Å². The minimum absolute atomic E-state index is 0.0431. The van der Waals surface area contributed by atoms with E-state index < -0.39 is 4.92 Å². The van der Waals surface area contributed by atoms with Crippen LogP contribution in [0, 0.1) is 10.1 Å². The number of hydrogen-bond donors (Lipinski definition) is 0. The molecular formula is C20H16N2O3S. The zero-order valence-electron chi connectivity index (χ0n) is 13.8. The number of nitrogens with zero attached hydrogens (tertiary/aromatic N) is 2. The normalized spacial score (nSPS) is 10.8. The van der Waals surface area contributed by atoms with Crippen LogP contribution in [0.2, 0.25) is 0 Å². The summed E-state index contributed by atoms with van der Waals surface area (Å²) in [6, 6.07) is 24.5. The van der Waals surface area contributed by atoms with Crippen LogP contribution in [0.4, 0.5) is 5.69 Å². The Balaban J connectivity index is 1.52. The van der Waals surface area contributed by atoms with Crippen LogP contribution < -0.4 is 0 Å². The maximum atomic E-state index is 10.7. The first-order valence-corrected chi connectivity index (χ1v) is 8.74. The van der Waals surface area contributed by atoms with E-state index in [4.69, 9.17) is 4.84 Å². The molecule has 0 saturated carbocycles. The first-order valence-electron chi connectivity index (χ1n) is 7.92. The molecular weight excluding hydrogens is 348 g/mol. The van der Waals surface area contributed by atoms with Gasteiger partial charge < -0.3 is 4.84 Å². The molecule has 0 amide bonds. The smallest absolute Gasteiger partial charge is 0.269 e. The Hall–Kier alpha value is -3.12. The van der Waals surface area contributed by atoms with Gasteiger partial charge in [-0.05, 0) is 35.4 Å². The van der Waals surface area contributed by atoms with Gasteiger partial charge in [0.15, 0.2) is 0 Å². The highest BCUT2D eigenvalue weighted by atomic mass is 32.2. The van der Waals surface area contributed by atoms with Crippen molar-refractivity contribution in [2.45, 2.75) is 16.4 Å². The van der Waals surface area contributed by atoms with Crippen LogP contribution in [0.3, 0.4) is 0 Å². The molecule has 130 valence electrons. The van der Waals surface area contributed by atoms with Crippen molar-refractivity contribution in [2.75, 3.05) is 0 Å². The van der Waals surface area contributed by atoms with E-state index in [0.29, 0.717) is 5.56 Å². The summed E-state index contributed by atoms with van der Waals surface area (Å²) in [5, 5.41) is 14.7. The number of nitro benzene ring substituents is 1. The monoisotopic (exact) mass is 364 g/mol. The van der Waals surface area contributed by atoms with Crippen molar-refractivity contribution in [3.05, 3.63) is 100 Å². The topological polar surface area (TPSA) is 64.7 Å². The maximum absolute atomic E-state index is 10.7. The summed E-state index contributed by atoms with van der Waals surface area (Å²) in [4.78, 5) is 17.9. The molecule has 0 unspecified atom stereocenters. The standard InChI is InChI=1S/C20H16N2O3S/c23-22(24)18-6-4-5-17(13-18)15-25-21-14-16-9-11-20(12-10-16)26-19-7-2-1-3-8-19/h1-14H,15H2/b21-14-. The van der Waals surface area contributed by atoms with Crippen LogP contribution in [-0.2, 0) is 11.4 Å². The molecule has 0 bridgehead atoms. The lowest BCUT2D eigenvalue weighted by Crippen LogP contribution is -1.92. The molecule has 26 heavy (non-hydrogen) atoms. The van der Waals surface area contributed by atoms with Gasteiger partial charge in [-0.1, -0.05) is 59.4 Å². The Morgan fingerprint density at radius 1 is 0.962 bits per heavy atom. The van der Waals surface area contributed by atoms with Crippen molar-refractivity contribution in [1.29, 1.82) is 0 Å². The number of rotatable bonds is 7. The number of benzene rings is 3. The average molecular weight is 364 g/mol. The van der Waals surface area contributed by atoms with Gasteiger partial charge in [-0.3, -0.25) is 10.1 Å². The summed E-state index contributed by atoms with van der Waals surface area (Å²) in [7, 11) is 0. The minimum Gasteiger partial charge on any atom is -0.391 e. The maximum Gasteiger partial charge on any atom is 0.269 e. The number of oxime groups is 1. The molecule has 0 saturated heterocycles. The van der Waals surface area contributed by atoms with Crippen LogP contribution in [0.25, 0.3) is 0 Å². The highest BCUT2D eigenvalue weighted by Crippen LogP contribution is 2.27. The molecule has 0 aliphatic heterocycles. The SMILES string of the molecule is O=[N+]([O-])c1cccc(CO/N=C\c2ccc(Sc3ccccc3)cc2)c1. The molecule has 0 aliphatic rings. The van der Waals surface area contributed by atoms with Crippen LogP contribution in [0.5, 0.6) is 0 Å². The predicted octanol–water partition coefficient (Wildman–Crippen LogP) is 5.30. The van der Waals surface area contributed by atoms with Gasteiger partial charge in [0.2, 0.25) is 0 Å². The summed E-state index contributed by atoms with van der Waals surface area (Å²) < 4.78 is 0. The number of nitro groups is 1. The van der Waals surface area contributed by atoms with Gasteiger partial charge in [0.1, 0.15) is 6.61 Å². The second-order valence-electron chi connectivity index (χ2n) is 5.42. The molecule has 3 aromatic carbocycles. The van der Waals surface area contributed by atoms with E-state index in [0.717, 1.165) is 10.5 Å². The van der Waals surface area contributed by atoms with Gasteiger partial charge in [-0.2, -0.15) is 0 Å². The van der Waals surface area contributed by atoms with Crippen LogP contribution in [0.1, 0.15) is 11.1 Å². The fourth-order valence-corrected chi connectivity index (χ4v) is 3.05. The minimum atomic E-state index is -0.429. The third kappa shape index (κ3) is 5.19.